The van der Waals surface area contributed by atoms with Gasteiger partial charge in [-0.2, -0.15) is 0 Å². The summed E-state index contributed by atoms with van der Waals surface area (Å²) in [7, 11) is 0. The van der Waals surface area contributed by atoms with Crippen LogP contribution in [-0.2, 0) is 15.9 Å². The van der Waals surface area contributed by atoms with Crippen LogP contribution >= 0.6 is 11.3 Å². The summed E-state index contributed by atoms with van der Waals surface area (Å²) in [6.45, 7) is 16.6. The number of hydrogen-bond acceptors (Lipinski definition) is 6. The molecule has 1 aromatic rings. The topological polar surface area (TPSA) is 57.9 Å². The molecule has 4 aliphatic rings. The van der Waals surface area contributed by atoms with Crippen molar-refractivity contribution in [2.75, 3.05) is 57.4 Å². The molecule has 0 bridgehead atoms. The molecular formula is C29H39IN4O3S. The van der Waals surface area contributed by atoms with E-state index in [2.05, 4.69) is 47.6 Å². The summed E-state index contributed by atoms with van der Waals surface area (Å²) >= 11 is 1.84. The third kappa shape index (κ3) is 6.42. The summed E-state index contributed by atoms with van der Waals surface area (Å²) in [6.07, 6.45) is 1.63. The van der Waals surface area contributed by atoms with E-state index in [9.17, 15) is 4.79 Å². The highest BCUT2D eigenvalue weighted by molar-refractivity contribution is 7.21. The van der Waals surface area contributed by atoms with E-state index in [4.69, 9.17) is 14.5 Å². The highest BCUT2D eigenvalue weighted by Gasteiger charge is 2.26. The molecule has 0 saturated carbocycles. The van der Waals surface area contributed by atoms with Crippen molar-refractivity contribution in [2.24, 2.45) is 0 Å². The zero-order chi connectivity index (χ0) is 26.2. The Hall–Kier alpha value is -1.98. The molecule has 0 aromatic heterocycles. The molecular weight excluding hydrogens is 611 g/mol. The summed E-state index contributed by atoms with van der Waals surface area (Å²) in [5.41, 5.74) is 5.48. The summed E-state index contributed by atoms with van der Waals surface area (Å²) < 4.78 is 14.8. The second kappa shape index (κ2) is 12.0. The maximum Gasteiger partial charge on any atom is 0.410 e. The van der Waals surface area contributed by atoms with Crippen LogP contribution in [0.5, 0.6) is 0 Å². The van der Waals surface area contributed by atoms with Crippen LogP contribution in [0.1, 0.15) is 45.2 Å². The van der Waals surface area contributed by atoms with E-state index in [1.54, 1.807) is 0 Å². The van der Waals surface area contributed by atoms with Crippen molar-refractivity contribution in [1.82, 2.24) is 14.5 Å². The Balaban J connectivity index is 0.00000336. The number of fused-ring (bicyclic) bond motifs is 2. The van der Waals surface area contributed by atoms with Crippen molar-refractivity contribution in [3.63, 3.8) is 0 Å². The lowest BCUT2D eigenvalue weighted by molar-refractivity contribution is -0.0000483. The molecule has 2 fully saturated rings. The molecule has 0 radical (unpaired) electrons. The standard InChI is InChI=1S/C29H39N4O3S.HI/c1-6-21-17-23(31-8-7-9-33(11-10-31)28(34)36-29(3,4)5)19-25-27(21)30-26-20(2)16-22(18-24(26)37-25)32-12-14-35-15-13-32;/h16-19H,6-15H2,1-5H3;1H/q+1;/p-1. The highest BCUT2D eigenvalue weighted by Crippen LogP contribution is 2.36. The van der Waals surface area contributed by atoms with Crippen LogP contribution in [0.15, 0.2) is 24.3 Å². The average Bonchev–Trinajstić information content (AvgIpc) is 3.13. The maximum absolute atomic E-state index is 12.6. The minimum absolute atomic E-state index is 0. The third-order valence-electron chi connectivity index (χ3n) is 7.10. The molecule has 5 rings (SSSR count). The second-order valence-corrected chi connectivity index (χ2v) is 12.1. The molecule has 1 amide bonds. The fourth-order valence-electron chi connectivity index (χ4n) is 5.18. The number of ether oxygens (including phenoxy) is 2. The SMILES string of the molecule is CCc1cc(=[N+]2CCCN(C(=O)OC(C)(C)C)CC2)cc2sc3cc(N4CCOCC4)cc(C)c3nc1-2.[I-]. The second-order valence-electron chi connectivity index (χ2n) is 11.0. The number of aromatic nitrogens is 1. The first-order valence-electron chi connectivity index (χ1n) is 13.5. The number of halogens is 1. The van der Waals surface area contributed by atoms with Crippen LogP contribution in [0.2, 0.25) is 0 Å². The molecule has 0 atom stereocenters. The summed E-state index contributed by atoms with van der Waals surface area (Å²) in [5.74, 6) is 0. The minimum atomic E-state index is -0.478. The van der Waals surface area contributed by atoms with Gasteiger partial charge in [-0.25, -0.2) is 14.4 Å². The van der Waals surface area contributed by atoms with Gasteiger partial charge in [-0.15, -0.1) is 11.3 Å². The number of rotatable bonds is 2. The van der Waals surface area contributed by atoms with Gasteiger partial charge in [-0.05, 0) is 57.4 Å². The molecule has 206 valence electrons. The Bertz CT molecular complexity index is 1340. The molecule has 3 heterocycles. The molecule has 0 N–H and O–H groups in total. The van der Waals surface area contributed by atoms with E-state index in [0.29, 0.717) is 6.54 Å². The van der Waals surface area contributed by atoms with E-state index < -0.39 is 5.60 Å². The molecule has 2 saturated heterocycles. The van der Waals surface area contributed by atoms with E-state index in [1.165, 1.54) is 31.7 Å². The first-order valence-corrected chi connectivity index (χ1v) is 14.3. The lowest BCUT2D eigenvalue weighted by Crippen LogP contribution is -3.00. The normalized spacial score (nSPS) is 18.3. The number of nitrogens with zero attached hydrogens (tertiary/aromatic N) is 4. The van der Waals surface area contributed by atoms with Crippen LogP contribution in [0, 0.1) is 6.92 Å². The Morgan fingerprint density at radius 2 is 1.87 bits per heavy atom. The van der Waals surface area contributed by atoms with Crippen LogP contribution in [-0.4, -0.2) is 74.1 Å². The third-order valence-corrected chi connectivity index (χ3v) is 8.16. The molecule has 3 aliphatic heterocycles. The van der Waals surface area contributed by atoms with Crippen LogP contribution in [0.25, 0.3) is 20.8 Å². The van der Waals surface area contributed by atoms with E-state index in [1.807, 2.05) is 37.0 Å². The maximum atomic E-state index is 12.6. The van der Waals surface area contributed by atoms with E-state index in [-0.39, 0.29) is 30.1 Å². The van der Waals surface area contributed by atoms with Gasteiger partial charge in [0.1, 0.15) is 12.1 Å². The van der Waals surface area contributed by atoms with Crippen molar-refractivity contribution in [1.29, 1.82) is 0 Å². The van der Waals surface area contributed by atoms with Gasteiger partial charge in [0.05, 0.1) is 40.5 Å². The first kappa shape index (κ1) is 29.0. The fourth-order valence-corrected chi connectivity index (χ4v) is 6.35. The van der Waals surface area contributed by atoms with Gasteiger partial charge in [0.2, 0.25) is 5.36 Å². The van der Waals surface area contributed by atoms with E-state index >= 15 is 0 Å². The van der Waals surface area contributed by atoms with Crippen molar-refractivity contribution < 1.29 is 38.2 Å². The van der Waals surface area contributed by atoms with Crippen LogP contribution in [0.3, 0.4) is 0 Å². The number of morpholine rings is 1. The summed E-state index contributed by atoms with van der Waals surface area (Å²) in [5, 5.41) is 1.22. The summed E-state index contributed by atoms with van der Waals surface area (Å²) in [6, 6.07) is 9.17. The number of carbonyl (C=O) groups excluding carboxylic acids is 1. The van der Waals surface area contributed by atoms with Gasteiger partial charge < -0.3 is 43.3 Å². The van der Waals surface area contributed by atoms with Crippen molar-refractivity contribution in [2.45, 2.75) is 53.1 Å². The van der Waals surface area contributed by atoms with Crippen LogP contribution < -0.4 is 38.8 Å². The zero-order valence-electron chi connectivity index (χ0n) is 23.2. The van der Waals surface area contributed by atoms with Gasteiger partial charge in [-0.3, -0.25) is 0 Å². The first-order chi connectivity index (χ1) is 17.7. The number of anilines is 1. The number of hydrogen-bond donors (Lipinski definition) is 0. The van der Waals surface area contributed by atoms with Gasteiger partial charge in [0.15, 0.2) is 6.54 Å². The predicted octanol–water partition coefficient (Wildman–Crippen LogP) is 1.53. The molecule has 0 unspecified atom stereocenters. The lowest BCUT2D eigenvalue weighted by atomic mass is 10.1. The number of benzene rings is 2. The Morgan fingerprint density at radius 3 is 2.58 bits per heavy atom. The fraction of sp³-hybridized carbons (Fsp3) is 0.552. The van der Waals surface area contributed by atoms with Gasteiger partial charge in [-0.1, -0.05) is 6.92 Å². The number of aryl methyl sites for hydroxylation is 2. The molecule has 7 nitrogen and oxygen atoms in total. The lowest BCUT2D eigenvalue weighted by Gasteiger charge is -2.29. The number of amides is 1. The predicted molar refractivity (Wildman–Crippen MR) is 151 cm³/mol. The summed E-state index contributed by atoms with van der Waals surface area (Å²) in [4.78, 5) is 23.3. The molecule has 1 aromatic carbocycles. The molecule has 0 spiro atoms. The van der Waals surface area contributed by atoms with E-state index in [0.717, 1.165) is 70.0 Å². The Kier molecular flexibility index (Phi) is 9.19. The highest BCUT2D eigenvalue weighted by atomic mass is 127. The minimum Gasteiger partial charge on any atom is -1.00 e. The molecule has 9 heteroatoms. The molecule has 1 aliphatic carbocycles. The smallest absolute Gasteiger partial charge is 0.410 e. The largest absolute Gasteiger partial charge is 1.00 e. The van der Waals surface area contributed by atoms with Gasteiger partial charge in [0.25, 0.3) is 0 Å². The molecule has 38 heavy (non-hydrogen) atoms. The Morgan fingerprint density at radius 1 is 1.11 bits per heavy atom. The van der Waals surface area contributed by atoms with Gasteiger partial charge >= 0.3 is 6.09 Å². The number of carbonyl (C=O) groups is 1. The Labute approximate surface area is 246 Å². The van der Waals surface area contributed by atoms with Crippen molar-refractivity contribution >= 4 is 33.3 Å². The van der Waals surface area contributed by atoms with Crippen LogP contribution in [0.4, 0.5) is 10.5 Å². The average molecular weight is 651 g/mol. The van der Waals surface area contributed by atoms with Crippen molar-refractivity contribution in [3.8, 4) is 10.6 Å². The quantitative estimate of drug-likeness (QED) is 0.240. The van der Waals surface area contributed by atoms with Gasteiger partial charge in [0, 0.05) is 43.9 Å². The van der Waals surface area contributed by atoms with Crippen molar-refractivity contribution in [3.05, 3.63) is 40.7 Å². The zero-order valence-corrected chi connectivity index (χ0v) is 26.2. The monoisotopic (exact) mass is 650 g/mol.